The van der Waals surface area contributed by atoms with Crippen molar-refractivity contribution in [1.29, 1.82) is 0 Å². The monoisotopic (exact) mass is 144 g/mol. The van der Waals surface area contributed by atoms with Crippen LogP contribution in [0.1, 0.15) is 27.7 Å². The van der Waals surface area contributed by atoms with E-state index in [4.69, 9.17) is 5.26 Å². The summed E-state index contributed by atoms with van der Waals surface area (Å²) in [6, 6.07) is 0. The van der Waals surface area contributed by atoms with E-state index in [-0.39, 0.29) is 11.5 Å². The van der Waals surface area contributed by atoms with E-state index < -0.39 is 0 Å². The first-order valence-electron chi connectivity index (χ1n) is 3.35. The van der Waals surface area contributed by atoms with Crippen LogP contribution >= 0.6 is 0 Å². The molecule has 2 heteroatoms. The highest BCUT2D eigenvalue weighted by Gasteiger charge is 2.26. The molecule has 0 saturated heterocycles. The normalized spacial score (nSPS) is 14.9. The molecular formula is C8H16O2. The Bertz CT molecular complexity index is 122. The van der Waals surface area contributed by atoms with Crippen LogP contribution in [0.4, 0.5) is 0 Å². The molecule has 0 fully saturated rings. The smallest absolute Gasteiger partial charge is 0.118 e. The predicted octanol–water partition coefficient (Wildman–Crippen LogP) is 2.47. The third-order valence-corrected chi connectivity index (χ3v) is 1.34. The van der Waals surface area contributed by atoms with Crippen LogP contribution in [-0.4, -0.2) is 11.4 Å². The second kappa shape index (κ2) is 3.17. The minimum Gasteiger partial charge on any atom is -0.251 e. The fourth-order valence-corrected chi connectivity index (χ4v) is 0.987. The molecule has 0 aromatic carbocycles. The van der Waals surface area contributed by atoms with Gasteiger partial charge in [0.25, 0.3) is 0 Å². The van der Waals surface area contributed by atoms with Crippen LogP contribution in [-0.2, 0) is 4.89 Å². The summed E-state index contributed by atoms with van der Waals surface area (Å²) in [4.78, 5) is 4.28. The first-order valence-corrected chi connectivity index (χ1v) is 3.35. The first-order chi connectivity index (χ1) is 4.39. The van der Waals surface area contributed by atoms with E-state index >= 15 is 0 Å². The summed E-state index contributed by atoms with van der Waals surface area (Å²) in [5, 5.41) is 8.47. The Labute approximate surface area is 62.4 Å². The van der Waals surface area contributed by atoms with Crippen LogP contribution in [0, 0.1) is 5.41 Å². The van der Waals surface area contributed by atoms with E-state index in [0.717, 1.165) is 5.57 Å². The Morgan fingerprint density at radius 1 is 1.50 bits per heavy atom. The van der Waals surface area contributed by atoms with E-state index in [0.29, 0.717) is 0 Å². The third kappa shape index (κ3) is 2.50. The highest BCUT2D eigenvalue weighted by molar-refractivity contribution is 5.02. The van der Waals surface area contributed by atoms with Crippen molar-refractivity contribution in [3.8, 4) is 0 Å². The maximum atomic E-state index is 8.47. The molecule has 0 aliphatic carbocycles. The Balaban J connectivity index is 4.22. The van der Waals surface area contributed by atoms with E-state index in [9.17, 15) is 0 Å². The van der Waals surface area contributed by atoms with Crippen molar-refractivity contribution in [3.05, 3.63) is 12.2 Å². The fraction of sp³-hybridized carbons (Fsp3) is 0.750. The number of hydrogen-bond acceptors (Lipinski definition) is 2. The molecule has 0 aliphatic heterocycles. The van der Waals surface area contributed by atoms with Crippen molar-refractivity contribution < 1.29 is 10.1 Å². The molecule has 1 N–H and O–H groups in total. The number of rotatable bonds is 2. The van der Waals surface area contributed by atoms with Crippen LogP contribution < -0.4 is 0 Å². The molecular weight excluding hydrogens is 128 g/mol. The summed E-state index contributed by atoms with van der Waals surface area (Å²) in [6.07, 6.45) is -0.271. The maximum absolute atomic E-state index is 8.47. The summed E-state index contributed by atoms with van der Waals surface area (Å²) in [5.41, 5.74) is 0.760. The second-order valence-corrected chi connectivity index (χ2v) is 3.70. The van der Waals surface area contributed by atoms with E-state index in [1.807, 2.05) is 27.7 Å². The molecule has 0 bridgehead atoms. The molecule has 60 valence electrons. The van der Waals surface area contributed by atoms with E-state index in [2.05, 4.69) is 11.5 Å². The molecule has 10 heavy (non-hydrogen) atoms. The van der Waals surface area contributed by atoms with Gasteiger partial charge >= 0.3 is 0 Å². The molecule has 0 aliphatic rings. The van der Waals surface area contributed by atoms with Gasteiger partial charge in [0.05, 0.1) is 0 Å². The van der Waals surface area contributed by atoms with Crippen molar-refractivity contribution in [2.45, 2.75) is 33.8 Å². The molecule has 0 aromatic heterocycles. The Hall–Kier alpha value is -0.340. The lowest BCUT2D eigenvalue weighted by Gasteiger charge is -2.27. The molecule has 0 spiro atoms. The van der Waals surface area contributed by atoms with Crippen LogP contribution in [0.5, 0.6) is 0 Å². The van der Waals surface area contributed by atoms with Gasteiger partial charge in [0.1, 0.15) is 6.10 Å². The average molecular weight is 144 g/mol. The zero-order valence-corrected chi connectivity index (χ0v) is 7.14. The molecule has 1 atom stereocenters. The molecule has 0 aromatic rings. The lowest BCUT2D eigenvalue weighted by molar-refractivity contribution is -0.288. The SMILES string of the molecule is C=C(C)C(OO)C(C)(C)C. The van der Waals surface area contributed by atoms with Gasteiger partial charge in [0.2, 0.25) is 0 Å². The predicted molar refractivity (Wildman–Crippen MR) is 41.8 cm³/mol. The summed E-state index contributed by atoms with van der Waals surface area (Å²) in [5.74, 6) is 0. The highest BCUT2D eigenvalue weighted by Crippen LogP contribution is 2.25. The van der Waals surface area contributed by atoms with Crippen molar-refractivity contribution in [2.75, 3.05) is 0 Å². The second-order valence-electron chi connectivity index (χ2n) is 3.70. The molecule has 0 amide bonds. The Kier molecular flexibility index (Phi) is 3.06. The summed E-state index contributed by atoms with van der Waals surface area (Å²) >= 11 is 0. The van der Waals surface area contributed by atoms with Crippen molar-refractivity contribution in [3.63, 3.8) is 0 Å². The molecule has 0 saturated carbocycles. The standard InChI is InChI=1S/C8H16O2/c1-6(2)7(10-9)8(3,4)5/h7,9H,1H2,2-5H3. The lowest BCUT2D eigenvalue weighted by Crippen LogP contribution is -2.28. The maximum Gasteiger partial charge on any atom is 0.118 e. The fourth-order valence-electron chi connectivity index (χ4n) is 0.987. The minimum atomic E-state index is -0.271. The lowest BCUT2D eigenvalue weighted by atomic mass is 9.86. The van der Waals surface area contributed by atoms with Gasteiger partial charge in [-0.05, 0) is 17.9 Å². The van der Waals surface area contributed by atoms with E-state index in [1.165, 1.54) is 0 Å². The van der Waals surface area contributed by atoms with Gasteiger partial charge in [-0.1, -0.05) is 27.4 Å². The van der Waals surface area contributed by atoms with Gasteiger partial charge in [-0.2, -0.15) is 0 Å². The summed E-state index contributed by atoms with van der Waals surface area (Å²) in [6.45, 7) is 11.5. The van der Waals surface area contributed by atoms with Gasteiger partial charge in [-0.15, -0.1) is 0 Å². The zero-order valence-electron chi connectivity index (χ0n) is 7.14. The Morgan fingerprint density at radius 3 is 1.90 bits per heavy atom. The van der Waals surface area contributed by atoms with Crippen LogP contribution in [0.3, 0.4) is 0 Å². The average Bonchev–Trinajstić information content (AvgIpc) is 1.60. The molecule has 0 heterocycles. The van der Waals surface area contributed by atoms with Crippen molar-refractivity contribution in [2.24, 2.45) is 5.41 Å². The molecule has 0 radical (unpaired) electrons. The Morgan fingerprint density at radius 2 is 1.90 bits per heavy atom. The zero-order chi connectivity index (χ0) is 8.36. The number of hydrogen-bond donors (Lipinski definition) is 1. The first kappa shape index (κ1) is 9.66. The minimum absolute atomic E-state index is 0.0828. The third-order valence-electron chi connectivity index (χ3n) is 1.34. The van der Waals surface area contributed by atoms with E-state index in [1.54, 1.807) is 0 Å². The van der Waals surface area contributed by atoms with Gasteiger partial charge in [0, 0.05) is 0 Å². The topological polar surface area (TPSA) is 29.5 Å². The van der Waals surface area contributed by atoms with Crippen LogP contribution in [0.15, 0.2) is 12.2 Å². The van der Waals surface area contributed by atoms with Gasteiger partial charge in [0.15, 0.2) is 0 Å². The summed E-state index contributed by atoms with van der Waals surface area (Å²) in [7, 11) is 0. The van der Waals surface area contributed by atoms with Crippen molar-refractivity contribution >= 4 is 0 Å². The van der Waals surface area contributed by atoms with Gasteiger partial charge < -0.3 is 0 Å². The van der Waals surface area contributed by atoms with Crippen LogP contribution in [0.25, 0.3) is 0 Å². The summed E-state index contributed by atoms with van der Waals surface area (Å²) < 4.78 is 0. The van der Waals surface area contributed by atoms with Crippen molar-refractivity contribution in [1.82, 2.24) is 0 Å². The van der Waals surface area contributed by atoms with Gasteiger partial charge in [-0.3, -0.25) is 5.26 Å². The largest absolute Gasteiger partial charge is 0.251 e. The molecule has 0 rings (SSSR count). The van der Waals surface area contributed by atoms with Crippen LogP contribution in [0.2, 0.25) is 0 Å². The quantitative estimate of drug-likeness (QED) is 0.366. The molecule has 1 unspecified atom stereocenters. The molecule has 2 nitrogen and oxygen atoms in total. The highest BCUT2D eigenvalue weighted by atomic mass is 17.1. The van der Waals surface area contributed by atoms with Gasteiger partial charge in [-0.25, -0.2) is 4.89 Å².